The number of rotatable bonds is 4. The van der Waals surface area contributed by atoms with E-state index in [2.05, 4.69) is 20.8 Å². The van der Waals surface area contributed by atoms with E-state index in [0.717, 1.165) is 0 Å². The minimum Gasteiger partial charge on any atom is -0.480 e. The quantitative estimate of drug-likeness (QED) is 0.699. The van der Waals surface area contributed by atoms with Crippen molar-refractivity contribution >= 4 is 12.0 Å². The first-order valence-electron chi connectivity index (χ1n) is 6.18. The van der Waals surface area contributed by atoms with E-state index in [1.54, 1.807) is 6.92 Å². The Bertz CT molecular complexity index is 495. The highest BCUT2D eigenvalue weighted by Crippen LogP contribution is 2.20. The standard InChI is InChI=1S/C11H16N4O5/c1-7-13-8(15-20-7)6-12-10(18)14-11(9(16)17)2-4-19-5-3-11/h2-6H2,1H3,(H,16,17)(H2,12,14,18). The molecule has 0 aromatic carbocycles. The molecule has 0 bridgehead atoms. The van der Waals surface area contributed by atoms with Gasteiger partial charge in [0.2, 0.25) is 5.89 Å². The number of ether oxygens (including phenoxy) is 1. The van der Waals surface area contributed by atoms with Gasteiger partial charge in [0.05, 0.1) is 6.54 Å². The third kappa shape index (κ3) is 3.23. The Kier molecular flexibility index (Phi) is 4.18. The molecule has 1 aliphatic rings. The van der Waals surface area contributed by atoms with Crippen LogP contribution in [0.25, 0.3) is 0 Å². The highest BCUT2D eigenvalue weighted by molar-refractivity contribution is 5.86. The number of carboxylic acid groups (broad SMARTS) is 1. The first kappa shape index (κ1) is 14.3. The van der Waals surface area contributed by atoms with Gasteiger partial charge < -0.3 is 25.0 Å². The van der Waals surface area contributed by atoms with Crippen LogP contribution >= 0.6 is 0 Å². The predicted octanol–water partition coefficient (Wildman–Crippen LogP) is -0.189. The van der Waals surface area contributed by atoms with Crippen molar-refractivity contribution in [3.8, 4) is 0 Å². The van der Waals surface area contributed by atoms with Gasteiger partial charge in [-0.05, 0) is 0 Å². The third-order valence-electron chi connectivity index (χ3n) is 3.09. The minimum absolute atomic E-state index is 0.0649. The van der Waals surface area contributed by atoms with E-state index in [4.69, 9.17) is 9.26 Å². The maximum absolute atomic E-state index is 11.8. The summed E-state index contributed by atoms with van der Waals surface area (Å²) in [6, 6.07) is -0.586. The number of carbonyl (C=O) groups is 2. The molecule has 9 nitrogen and oxygen atoms in total. The summed E-state index contributed by atoms with van der Waals surface area (Å²) in [6.45, 7) is 2.31. The molecular weight excluding hydrogens is 268 g/mol. The Morgan fingerprint density at radius 3 is 2.65 bits per heavy atom. The number of aromatic nitrogens is 2. The van der Waals surface area contributed by atoms with Crippen LogP contribution in [-0.4, -0.2) is 46.0 Å². The monoisotopic (exact) mass is 284 g/mol. The largest absolute Gasteiger partial charge is 0.480 e. The molecule has 2 rings (SSSR count). The molecule has 1 aromatic rings. The summed E-state index contributed by atoms with van der Waals surface area (Å²) < 4.78 is 9.88. The van der Waals surface area contributed by atoms with Crippen LogP contribution in [0.2, 0.25) is 0 Å². The molecule has 0 saturated carbocycles. The maximum Gasteiger partial charge on any atom is 0.329 e. The number of nitrogens with one attached hydrogen (secondary N) is 2. The van der Waals surface area contributed by atoms with Crippen LogP contribution in [0.15, 0.2) is 4.52 Å². The van der Waals surface area contributed by atoms with Crippen molar-refractivity contribution in [2.45, 2.75) is 31.8 Å². The summed E-state index contributed by atoms with van der Waals surface area (Å²) in [5.74, 6) is -0.339. The van der Waals surface area contributed by atoms with E-state index in [1.807, 2.05) is 0 Å². The zero-order valence-corrected chi connectivity index (χ0v) is 11.0. The number of amides is 2. The van der Waals surface area contributed by atoms with E-state index >= 15 is 0 Å². The molecule has 9 heteroatoms. The van der Waals surface area contributed by atoms with E-state index in [-0.39, 0.29) is 19.4 Å². The van der Waals surface area contributed by atoms with Gasteiger partial charge in [-0.3, -0.25) is 0 Å². The zero-order valence-electron chi connectivity index (χ0n) is 11.0. The number of hydrogen-bond donors (Lipinski definition) is 3. The van der Waals surface area contributed by atoms with Gasteiger partial charge >= 0.3 is 12.0 Å². The molecule has 20 heavy (non-hydrogen) atoms. The van der Waals surface area contributed by atoms with Crippen LogP contribution < -0.4 is 10.6 Å². The predicted molar refractivity (Wildman–Crippen MR) is 64.8 cm³/mol. The molecule has 0 radical (unpaired) electrons. The van der Waals surface area contributed by atoms with Crippen molar-refractivity contribution in [3.05, 3.63) is 11.7 Å². The van der Waals surface area contributed by atoms with Crippen molar-refractivity contribution in [2.24, 2.45) is 0 Å². The molecule has 0 aliphatic carbocycles. The summed E-state index contributed by atoms with van der Waals surface area (Å²) in [7, 11) is 0. The molecule has 2 amide bonds. The highest BCUT2D eigenvalue weighted by atomic mass is 16.5. The first-order chi connectivity index (χ1) is 9.52. The SMILES string of the molecule is Cc1nc(CNC(=O)NC2(C(=O)O)CCOCC2)no1. The molecule has 0 spiro atoms. The normalized spacial score (nSPS) is 17.4. The lowest BCUT2D eigenvalue weighted by Gasteiger charge is -2.33. The molecule has 110 valence electrons. The lowest BCUT2D eigenvalue weighted by molar-refractivity contribution is -0.148. The van der Waals surface area contributed by atoms with Crippen molar-refractivity contribution in [1.29, 1.82) is 0 Å². The summed E-state index contributed by atoms with van der Waals surface area (Å²) >= 11 is 0. The number of nitrogens with zero attached hydrogens (tertiary/aromatic N) is 2. The van der Waals surface area contributed by atoms with E-state index in [1.165, 1.54) is 0 Å². The van der Waals surface area contributed by atoms with Crippen LogP contribution in [0.4, 0.5) is 4.79 Å². The van der Waals surface area contributed by atoms with Crippen LogP contribution in [0.3, 0.4) is 0 Å². The summed E-state index contributed by atoms with van der Waals surface area (Å²) in [5, 5.41) is 17.9. The molecule has 3 N–H and O–H groups in total. The number of urea groups is 1. The molecule has 2 heterocycles. The van der Waals surface area contributed by atoms with Gasteiger partial charge in [0.15, 0.2) is 5.82 Å². The molecule has 0 atom stereocenters. The Hall–Kier alpha value is -2.16. The van der Waals surface area contributed by atoms with Crippen LogP contribution in [-0.2, 0) is 16.1 Å². The number of aliphatic carboxylic acids is 1. The minimum atomic E-state index is -1.28. The second-order valence-corrected chi connectivity index (χ2v) is 4.54. The fourth-order valence-electron chi connectivity index (χ4n) is 1.95. The van der Waals surface area contributed by atoms with Gasteiger partial charge in [0.25, 0.3) is 0 Å². The first-order valence-corrected chi connectivity index (χ1v) is 6.18. The Morgan fingerprint density at radius 2 is 2.10 bits per heavy atom. The Morgan fingerprint density at radius 1 is 1.40 bits per heavy atom. The smallest absolute Gasteiger partial charge is 0.329 e. The molecule has 1 aliphatic heterocycles. The molecule has 1 saturated heterocycles. The van der Waals surface area contributed by atoms with Crippen molar-refractivity contribution in [2.75, 3.05) is 13.2 Å². The maximum atomic E-state index is 11.8. The summed E-state index contributed by atoms with van der Waals surface area (Å²) in [4.78, 5) is 27.1. The summed E-state index contributed by atoms with van der Waals surface area (Å²) in [6.07, 6.45) is 0.466. The van der Waals surface area contributed by atoms with E-state index < -0.39 is 17.5 Å². The van der Waals surface area contributed by atoms with Gasteiger partial charge in [-0.1, -0.05) is 5.16 Å². The van der Waals surface area contributed by atoms with Crippen LogP contribution in [0.1, 0.15) is 24.6 Å². The van der Waals surface area contributed by atoms with Crippen molar-refractivity contribution in [3.63, 3.8) is 0 Å². The number of carbonyl (C=O) groups excluding carboxylic acids is 1. The molecule has 1 fully saturated rings. The number of hydrogen-bond acceptors (Lipinski definition) is 6. The Balaban J connectivity index is 1.90. The van der Waals surface area contributed by atoms with Gasteiger partial charge in [-0.25, -0.2) is 9.59 Å². The van der Waals surface area contributed by atoms with Gasteiger partial charge in [0.1, 0.15) is 5.54 Å². The number of carboxylic acids is 1. The number of aryl methyl sites for hydroxylation is 1. The van der Waals surface area contributed by atoms with Crippen molar-refractivity contribution < 1.29 is 24.0 Å². The lowest BCUT2D eigenvalue weighted by atomic mass is 9.90. The summed E-state index contributed by atoms with van der Waals surface area (Å²) in [5.41, 5.74) is -1.28. The van der Waals surface area contributed by atoms with E-state index in [9.17, 15) is 14.7 Å². The third-order valence-corrected chi connectivity index (χ3v) is 3.09. The average Bonchev–Trinajstić information content (AvgIpc) is 2.83. The van der Waals surface area contributed by atoms with Gasteiger partial charge in [0, 0.05) is 33.0 Å². The molecule has 0 unspecified atom stereocenters. The molecular formula is C11H16N4O5. The second kappa shape index (κ2) is 5.87. The van der Waals surface area contributed by atoms with Crippen molar-refractivity contribution in [1.82, 2.24) is 20.8 Å². The van der Waals surface area contributed by atoms with Crippen LogP contribution in [0.5, 0.6) is 0 Å². The Labute approximate surface area is 114 Å². The second-order valence-electron chi connectivity index (χ2n) is 4.54. The fraction of sp³-hybridized carbons (Fsp3) is 0.636. The highest BCUT2D eigenvalue weighted by Gasteiger charge is 2.41. The van der Waals surface area contributed by atoms with Gasteiger partial charge in [-0.2, -0.15) is 4.98 Å². The fourth-order valence-corrected chi connectivity index (χ4v) is 1.95. The lowest BCUT2D eigenvalue weighted by Crippen LogP contribution is -2.59. The topological polar surface area (TPSA) is 127 Å². The van der Waals surface area contributed by atoms with Crippen LogP contribution in [0, 0.1) is 6.92 Å². The van der Waals surface area contributed by atoms with E-state index in [0.29, 0.717) is 24.9 Å². The van der Waals surface area contributed by atoms with Gasteiger partial charge in [-0.15, -0.1) is 0 Å². The molecule has 1 aromatic heterocycles. The average molecular weight is 284 g/mol. The zero-order chi connectivity index (χ0) is 14.6.